The molecule has 0 spiro atoms. The predicted molar refractivity (Wildman–Crippen MR) is 142 cm³/mol. The number of nitrogens with one attached hydrogen (secondary N) is 1. The number of H-pyrrole nitrogens is 1. The first-order chi connectivity index (χ1) is 17.8. The smallest absolute Gasteiger partial charge is 0.221 e. The minimum absolute atomic E-state index is 0.547. The van der Waals surface area contributed by atoms with E-state index >= 15 is 0 Å². The van der Waals surface area contributed by atoms with Gasteiger partial charge in [0.15, 0.2) is 5.54 Å². The second kappa shape index (κ2) is 9.12. The van der Waals surface area contributed by atoms with E-state index in [0.717, 1.165) is 33.5 Å². The molecule has 2 heterocycles. The molecule has 0 atom stereocenters. The van der Waals surface area contributed by atoms with Crippen LogP contribution < -0.4 is 0 Å². The molecule has 0 unspecified atom stereocenters. The summed E-state index contributed by atoms with van der Waals surface area (Å²) in [5.41, 5.74) is 6.59. The van der Waals surface area contributed by atoms with Crippen molar-refractivity contribution >= 4 is 0 Å². The molecule has 174 valence electrons. The van der Waals surface area contributed by atoms with Crippen LogP contribution in [-0.2, 0) is 5.54 Å². The molecule has 0 fully saturated rings. The zero-order valence-electron chi connectivity index (χ0n) is 19.9. The number of tetrazole rings is 1. The summed E-state index contributed by atoms with van der Waals surface area (Å²) < 4.78 is 0. The van der Waals surface area contributed by atoms with Gasteiger partial charge in [0.05, 0.1) is 5.69 Å². The fraction of sp³-hybridized carbons (Fsp3) is 0.0645. The van der Waals surface area contributed by atoms with Crippen molar-refractivity contribution in [2.75, 3.05) is 0 Å². The maximum absolute atomic E-state index is 5.03. The van der Waals surface area contributed by atoms with E-state index in [9.17, 15) is 0 Å². The maximum Gasteiger partial charge on any atom is 0.221 e. The molecule has 0 saturated heterocycles. The van der Waals surface area contributed by atoms with Crippen LogP contribution in [0.25, 0.3) is 22.6 Å². The molecule has 0 aliphatic rings. The summed E-state index contributed by atoms with van der Waals surface area (Å²) in [5, 5.41) is 14.3. The molecule has 1 N–H and O–H groups in total. The molecule has 5 nitrogen and oxygen atoms in total. The Balaban J connectivity index is 1.59. The van der Waals surface area contributed by atoms with Gasteiger partial charge < -0.3 is 4.98 Å². The Bertz CT molecular complexity index is 1490. The van der Waals surface area contributed by atoms with E-state index in [2.05, 4.69) is 119 Å². The molecular weight excluding hydrogens is 442 g/mol. The summed E-state index contributed by atoms with van der Waals surface area (Å²) in [6.45, 7) is 2.11. The quantitative estimate of drug-likeness (QED) is 0.285. The van der Waals surface area contributed by atoms with Crippen LogP contribution in [0.2, 0.25) is 0 Å². The van der Waals surface area contributed by atoms with Crippen molar-refractivity contribution in [3.8, 4) is 22.6 Å². The minimum atomic E-state index is -0.801. The molecule has 2 aromatic heterocycles. The monoisotopic (exact) mass is 467 g/mol. The van der Waals surface area contributed by atoms with Crippen LogP contribution in [0.5, 0.6) is 0 Å². The Morgan fingerprint density at radius 3 is 1.69 bits per heavy atom. The average molecular weight is 468 g/mol. The molecular formula is C31H25N5. The second-order valence-electron chi connectivity index (χ2n) is 8.79. The number of nitrogens with zero attached hydrogens (tertiary/aromatic N) is 4. The number of aryl methyl sites for hydroxylation is 1. The first-order valence-electron chi connectivity index (χ1n) is 12.0. The summed E-state index contributed by atoms with van der Waals surface area (Å²) in [5.74, 6) is 0.547. The third-order valence-corrected chi connectivity index (χ3v) is 6.69. The highest BCUT2D eigenvalue weighted by atomic mass is 15.6. The van der Waals surface area contributed by atoms with E-state index in [0.29, 0.717) is 5.82 Å². The van der Waals surface area contributed by atoms with Gasteiger partial charge in [-0.05, 0) is 46.0 Å². The summed E-state index contributed by atoms with van der Waals surface area (Å²) >= 11 is 0. The number of benzene rings is 4. The first-order valence-corrected chi connectivity index (χ1v) is 12.0. The lowest BCUT2D eigenvalue weighted by Gasteiger charge is -2.34. The molecule has 0 radical (unpaired) electrons. The van der Waals surface area contributed by atoms with Gasteiger partial charge in [-0.15, -0.1) is 15.0 Å². The fourth-order valence-electron chi connectivity index (χ4n) is 4.99. The molecule has 0 aliphatic heterocycles. The highest BCUT2D eigenvalue weighted by Gasteiger charge is 2.41. The molecule has 6 aromatic rings. The molecule has 0 aliphatic carbocycles. The minimum Gasteiger partial charge on any atom is -0.358 e. The van der Waals surface area contributed by atoms with Crippen molar-refractivity contribution in [2.24, 2.45) is 0 Å². The van der Waals surface area contributed by atoms with Crippen LogP contribution in [0.15, 0.2) is 128 Å². The molecule has 4 aromatic carbocycles. The summed E-state index contributed by atoms with van der Waals surface area (Å²) in [7, 11) is 0. The van der Waals surface area contributed by atoms with E-state index < -0.39 is 5.54 Å². The molecule has 36 heavy (non-hydrogen) atoms. The molecule has 5 heteroatoms. The average Bonchev–Trinajstić information content (AvgIpc) is 3.62. The maximum atomic E-state index is 5.03. The number of hydrogen-bond donors (Lipinski definition) is 1. The van der Waals surface area contributed by atoms with E-state index in [4.69, 9.17) is 5.10 Å². The number of hydrogen-bond acceptors (Lipinski definition) is 3. The highest BCUT2D eigenvalue weighted by molar-refractivity contribution is 5.80. The highest BCUT2D eigenvalue weighted by Crippen LogP contribution is 2.40. The topological polar surface area (TPSA) is 59.4 Å². The largest absolute Gasteiger partial charge is 0.358 e. The van der Waals surface area contributed by atoms with Crippen molar-refractivity contribution in [1.29, 1.82) is 0 Å². The number of rotatable bonds is 6. The predicted octanol–water partition coefficient (Wildman–Crippen LogP) is 6.48. The zero-order valence-corrected chi connectivity index (χ0v) is 19.9. The van der Waals surface area contributed by atoms with E-state index in [-0.39, 0.29) is 0 Å². The summed E-state index contributed by atoms with van der Waals surface area (Å²) in [6.07, 6.45) is 1.93. The third-order valence-electron chi connectivity index (χ3n) is 6.69. The van der Waals surface area contributed by atoms with Gasteiger partial charge in [0.2, 0.25) is 5.82 Å². The van der Waals surface area contributed by atoms with Crippen molar-refractivity contribution in [3.05, 3.63) is 150 Å². The fourth-order valence-corrected chi connectivity index (χ4v) is 4.99. The second-order valence-corrected chi connectivity index (χ2v) is 8.79. The Morgan fingerprint density at radius 2 is 1.14 bits per heavy atom. The molecule has 0 saturated carbocycles. The van der Waals surface area contributed by atoms with Crippen molar-refractivity contribution in [1.82, 2.24) is 25.2 Å². The van der Waals surface area contributed by atoms with Crippen LogP contribution in [-0.4, -0.2) is 25.2 Å². The third kappa shape index (κ3) is 3.53. The lowest BCUT2D eigenvalue weighted by atomic mass is 9.77. The SMILES string of the molecule is Cc1ccccc1-c1cc[nH]c1-c1nnn(C(c2ccccc2)(c2ccccc2)c2ccccc2)n1. The lowest BCUT2D eigenvalue weighted by molar-refractivity contribution is 0.395. The molecule has 0 amide bonds. The van der Waals surface area contributed by atoms with Crippen molar-refractivity contribution in [3.63, 3.8) is 0 Å². The van der Waals surface area contributed by atoms with E-state index in [1.807, 2.05) is 30.5 Å². The van der Waals surface area contributed by atoms with Gasteiger partial charge in [-0.3, -0.25) is 0 Å². The Morgan fingerprint density at radius 1 is 0.611 bits per heavy atom. The van der Waals surface area contributed by atoms with Crippen LogP contribution in [0.1, 0.15) is 22.3 Å². The molecule has 6 rings (SSSR count). The van der Waals surface area contributed by atoms with Crippen LogP contribution in [0.4, 0.5) is 0 Å². The van der Waals surface area contributed by atoms with Gasteiger partial charge in [0, 0.05) is 11.8 Å². The van der Waals surface area contributed by atoms with Crippen LogP contribution >= 0.6 is 0 Å². The van der Waals surface area contributed by atoms with Crippen molar-refractivity contribution < 1.29 is 0 Å². The number of aromatic nitrogens is 5. The standard InChI is InChI=1S/C31H25N5/c1-23-13-11-12-20-27(23)28-21-22-32-29(28)30-33-35-36(34-30)31(24-14-5-2-6-15-24,25-16-7-3-8-17-25)26-18-9-4-10-19-26/h2-22,32H,1H3. The number of aromatic amines is 1. The Kier molecular flexibility index (Phi) is 5.51. The zero-order chi connectivity index (χ0) is 24.4. The normalized spacial score (nSPS) is 11.5. The van der Waals surface area contributed by atoms with Gasteiger partial charge in [-0.25, -0.2) is 0 Å². The van der Waals surface area contributed by atoms with Gasteiger partial charge in [-0.2, -0.15) is 0 Å². The van der Waals surface area contributed by atoms with Crippen molar-refractivity contribution in [2.45, 2.75) is 12.5 Å². The van der Waals surface area contributed by atoms with Gasteiger partial charge in [0.25, 0.3) is 0 Å². The van der Waals surface area contributed by atoms with E-state index in [1.165, 1.54) is 5.56 Å². The van der Waals surface area contributed by atoms with Gasteiger partial charge in [0.1, 0.15) is 0 Å². The van der Waals surface area contributed by atoms with Crippen LogP contribution in [0.3, 0.4) is 0 Å². The van der Waals surface area contributed by atoms with Gasteiger partial charge in [-0.1, -0.05) is 115 Å². The Hall–Kier alpha value is -4.77. The first kappa shape index (κ1) is 21.7. The van der Waals surface area contributed by atoms with Gasteiger partial charge >= 0.3 is 0 Å². The Labute approximate surface area is 210 Å². The molecule has 0 bridgehead atoms. The lowest BCUT2D eigenvalue weighted by Crippen LogP contribution is -2.39. The van der Waals surface area contributed by atoms with Crippen LogP contribution in [0, 0.1) is 6.92 Å². The van der Waals surface area contributed by atoms with E-state index in [1.54, 1.807) is 4.80 Å². The summed E-state index contributed by atoms with van der Waals surface area (Å²) in [6, 6.07) is 41.5. The summed E-state index contributed by atoms with van der Waals surface area (Å²) in [4.78, 5) is 5.11.